The second-order valence-electron chi connectivity index (χ2n) is 6.57. The lowest BCUT2D eigenvalue weighted by Gasteiger charge is -2.08. The zero-order valence-electron chi connectivity index (χ0n) is 16.6. The Labute approximate surface area is 189 Å². The Bertz CT molecular complexity index is 1120. The minimum atomic E-state index is -0.363. The predicted octanol–water partition coefficient (Wildman–Crippen LogP) is 5.29. The fourth-order valence-corrected chi connectivity index (χ4v) is 2.94. The highest BCUT2D eigenvalue weighted by Crippen LogP contribution is 2.23. The molecule has 2 N–H and O–H groups in total. The van der Waals surface area contributed by atoms with Crippen molar-refractivity contribution >= 4 is 46.9 Å². The largest absolute Gasteiger partial charge is 0.489 e. The van der Waals surface area contributed by atoms with E-state index in [-0.39, 0.29) is 11.8 Å². The van der Waals surface area contributed by atoms with Crippen molar-refractivity contribution in [1.82, 2.24) is 5.43 Å². The first-order chi connectivity index (χ1) is 14.9. The SMILES string of the molecule is CC(=O)Nc1ccc(C(=O)N/N=C\c2cccc(OCc3ccc(Cl)c(Cl)c3)c2)cc1. The lowest BCUT2D eigenvalue weighted by atomic mass is 10.2. The van der Waals surface area contributed by atoms with Gasteiger partial charge in [-0.05, 0) is 59.7 Å². The van der Waals surface area contributed by atoms with E-state index in [0.29, 0.717) is 33.7 Å². The number of amides is 2. The molecule has 0 heterocycles. The molecule has 158 valence electrons. The Kier molecular flexibility index (Phi) is 7.65. The Hall–Kier alpha value is -3.35. The Balaban J connectivity index is 1.55. The van der Waals surface area contributed by atoms with Crippen LogP contribution in [0.5, 0.6) is 5.75 Å². The second-order valence-corrected chi connectivity index (χ2v) is 7.38. The summed E-state index contributed by atoms with van der Waals surface area (Å²) in [6.45, 7) is 1.76. The molecule has 3 aromatic rings. The summed E-state index contributed by atoms with van der Waals surface area (Å²) in [7, 11) is 0. The van der Waals surface area contributed by atoms with Crippen LogP contribution < -0.4 is 15.5 Å². The van der Waals surface area contributed by atoms with Crippen molar-refractivity contribution < 1.29 is 14.3 Å². The van der Waals surface area contributed by atoms with Gasteiger partial charge in [-0.2, -0.15) is 5.10 Å². The van der Waals surface area contributed by atoms with Gasteiger partial charge in [-0.15, -0.1) is 0 Å². The number of rotatable bonds is 7. The molecule has 0 radical (unpaired) electrons. The van der Waals surface area contributed by atoms with Gasteiger partial charge in [-0.3, -0.25) is 9.59 Å². The number of carbonyl (C=O) groups excluding carboxylic acids is 2. The molecule has 0 saturated carbocycles. The molecule has 0 saturated heterocycles. The standard InChI is InChI=1S/C23H19Cl2N3O3/c1-15(29)27-19-8-6-18(7-9-19)23(30)28-26-13-16-3-2-4-20(11-16)31-14-17-5-10-21(24)22(25)12-17/h2-13H,14H2,1H3,(H,27,29)(H,28,30)/b26-13-. The number of hydrogen-bond donors (Lipinski definition) is 2. The molecule has 2 amide bonds. The van der Waals surface area contributed by atoms with Gasteiger partial charge in [0.15, 0.2) is 0 Å². The molecule has 0 aliphatic carbocycles. The fraction of sp³-hybridized carbons (Fsp3) is 0.0870. The van der Waals surface area contributed by atoms with Crippen LogP contribution in [0.1, 0.15) is 28.4 Å². The molecule has 8 heteroatoms. The van der Waals surface area contributed by atoms with Crippen molar-refractivity contribution in [3.63, 3.8) is 0 Å². The lowest BCUT2D eigenvalue weighted by molar-refractivity contribution is -0.114. The summed E-state index contributed by atoms with van der Waals surface area (Å²) < 4.78 is 5.78. The number of nitrogens with zero attached hydrogens (tertiary/aromatic N) is 1. The maximum Gasteiger partial charge on any atom is 0.271 e. The number of hydrogen-bond acceptors (Lipinski definition) is 4. The van der Waals surface area contributed by atoms with E-state index >= 15 is 0 Å². The molecular weight excluding hydrogens is 437 g/mol. The van der Waals surface area contributed by atoms with E-state index in [1.165, 1.54) is 13.1 Å². The van der Waals surface area contributed by atoms with Crippen molar-refractivity contribution in [2.45, 2.75) is 13.5 Å². The molecule has 0 unspecified atom stereocenters. The highest BCUT2D eigenvalue weighted by molar-refractivity contribution is 6.42. The van der Waals surface area contributed by atoms with E-state index in [1.54, 1.807) is 42.5 Å². The van der Waals surface area contributed by atoms with E-state index in [2.05, 4.69) is 15.8 Å². The summed E-state index contributed by atoms with van der Waals surface area (Å²) in [6, 6.07) is 19.1. The zero-order chi connectivity index (χ0) is 22.2. The summed E-state index contributed by atoms with van der Waals surface area (Å²) in [4.78, 5) is 23.2. The average Bonchev–Trinajstić information content (AvgIpc) is 2.75. The molecule has 0 fully saturated rings. The third kappa shape index (κ3) is 6.84. The lowest BCUT2D eigenvalue weighted by Crippen LogP contribution is -2.17. The molecule has 31 heavy (non-hydrogen) atoms. The van der Waals surface area contributed by atoms with E-state index < -0.39 is 0 Å². The molecule has 0 aliphatic rings. The van der Waals surface area contributed by atoms with Gasteiger partial charge in [-0.25, -0.2) is 5.43 Å². The molecule has 0 spiro atoms. The van der Waals surface area contributed by atoms with Crippen LogP contribution in [0.15, 0.2) is 71.8 Å². The van der Waals surface area contributed by atoms with Crippen LogP contribution >= 0.6 is 23.2 Å². The number of benzene rings is 3. The summed E-state index contributed by atoms with van der Waals surface area (Å²) in [5.41, 5.74) is 5.16. The average molecular weight is 456 g/mol. The van der Waals surface area contributed by atoms with Gasteiger partial charge in [-0.1, -0.05) is 41.4 Å². The summed E-state index contributed by atoms with van der Waals surface area (Å²) in [5.74, 6) is 0.109. The molecule has 3 rings (SSSR count). The predicted molar refractivity (Wildman–Crippen MR) is 123 cm³/mol. The molecule has 0 bridgehead atoms. The number of hydrazone groups is 1. The van der Waals surface area contributed by atoms with Gasteiger partial charge in [0.1, 0.15) is 12.4 Å². The van der Waals surface area contributed by atoms with Crippen LogP contribution in [0, 0.1) is 0 Å². The maximum atomic E-state index is 12.2. The Morgan fingerprint density at radius 1 is 1.00 bits per heavy atom. The van der Waals surface area contributed by atoms with Crippen LogP contribution in [0.4, 0.5) is 5.69 Å². The smallest absolute Gasteiger partial charge is 0.271 e. The molecule has 0 aromatic heterocycles. The number of carbonyl (C=O) groups is 2. The van der Waals surface area contributed by atoms with Crippen LogP contribution in [-0.2, 0) is 11.4 Å². The first-order valence-electron chi connectivity index (χ1n) is 9.28. The van der Waals surface area contributed by atoms with Crippen molar-refractivity contribution in [1.29, 1.82) is 0 Å². The van der Waals surface area contributed by atoms with Gasteiger partial charge in [0.25, 0.3) is 5.91 Å². The Morgan fingerprint density at radius 3 is 2.48 bits per heavy atom. The number of ether oxygens (including phenoxy) is 1. The van der Waals surface area contributed by atoms with E-state index in [0.717, 1.165) is 11.1 Å². The zero-order valence-corrected chi connectivity index (χ0v) is 18.1. The van der Waals surface area contributed by atoms with Crippen LogP contribution in [-0.4, -0.2) is 18.0 Å². The normalized spacial score (nSPS) is 10.7. The third-order valence-corrected chi connectivity index (χ3v) is 4.83. The van der Waals surface area contributed by atoms with E-state index in [9.17, 15) is 9.59 Å². The minimum absolute atomic E-state index is 0.176. The quantitative estimate of drug-likeness (QED) is 0.374. The number of halogens is 2. The molecule has 6 nitrogen and oxygen atoms in total. The molecule has 0 atom stereocenters. The summed E-state index contributed by atoms with van der Waals surface area (Å²) >= 11 is 11.9. The van der Waals surface area contributed by atoms with Gasteiger partial charge in [0, 0.05) is 18.2 Å². The number of nitrogens with one attached hydrogen (secondary N) is 2. The number of anilines is 1. The highest BCUT2D eigenvalue weighted by atomic mass is 35.5. The van der Waals surface area contributed by atoms with Gasteiger partial charge < -0.3 is 10.1 Å². The van der Waals surface area contributed by atoms with Crippen LogP contribution in [0.2, 0.25) is 10.0 Å². The first kappa shape index (κ1) is 22.3. The van der Waals surface area contributed by atoms with Crippen molar-refractivity contribution in [3.8, 4) is 5.75 Å². The summed E-state index contributed by atoms with van der Waals surface area (Å²) in [5, 5.41) is 7.60. The molecule has 3 aromatic carbocycles. The Morgan fingerprint density at radius 2 is 1.77 bits per heavy atom. The van der Waals surface area contributed by atoms with Crippen LogP contribution in [0.25, 0.3) is 0 Å². The second kappa shape index (κ2) is 10.6. The van der Waals surface area contributed by atoms with Crippen molar-refractivity contribution in [3.05, 3.63) is 93.5 Å². The molecular formula is C23H19Cl2N3O3. The van der Waals surface area contributed by atoms with Crippen molar-refractivity contribution in [2.75, 3.05) is 5.32 Å². The van der Waals surface area contributed by atoms with Gasteiger partial charge in [0.2, 0.25) is 5.91 Å². The fourth-order valence-electron chi connectivity index (χ4n) is 2.62. The monoisotopic (exact) mass is 455 g/mol. The van der Waals surface area contributed by atoms with E-state index in [4.69, 9.17) is 27.9 Å². The first-order valence-corrected chi connectivity index (χ1v) is 10.0. The minimum Gasteiger partial charge on any atom is -0.489 e. The van der Waals surface area contributed by atoms with Gasteiger partial charge in [0.05, 0.1) is 16.3 Å². The molecule has 0 aliphatic heterocycles. The maximum absolute atomic E-state index is 12.2. The highest BCUT2D eigenvalue weighted by Gasteiger charge is 2.05. The van der Waals surface area contributed by atoms with Gasteiger partial charge >= 0.3 is 0 Å². The van der Waals surface area contributed by atoms with Crippen LogP contribution in [0.3, 0.4) is 0 Å². The van der Waals surface area contributed by atoms with Crippen molar-refractivity contribution in [2.24, 2.45) is 5.10 Å². The topological polar surface area (TPSA) is 79.8 Å². The summed E-state index contributed by atoms with van der Waals surface area (Å²) in [6.07, 6.45) is 1.52. The third-order valence-electron chi connectivity index (χ3n) is 4.09. The van der Waals surface area contributed by atoms with E-state index in [1.807, 2.05) is 24.3 Å².